The maximum absolute atomic E-state index is 13.6. The van der Waals surface area contributed by atoms with Gasteiger partial charge in [-0.3, -0.25) is 5.41 Å². The zero-order valence-corrected chi connectivity index (χ0v) is 10.2. The number of amidine groups is 1. The average molecular weight is 262 g/mol. The number of hydrogen-bond donors (Lipinski definition) is 2. The van der Waals surface area contributed by atoms with Crippen LogP contribution in [0, 0.1) is 24.0 Å². The molecule has 98 valence electrons. The molecule has 0 saturated carbocycles. The third-order valence-corrected chi connectivity index (χ3v) is 2.54. The fourth-order valence-electron chi connectivity index (χ4n) is 1.61. The molecule has 0 atom stereocenters. The van der Waals surface area contributed by atoms with Crippen molar-refractivity contribution in [2.75, 3.05) is 0 Å². The molecule has 0 fully saturated rings. The minimum Gasteiger partial charge on any atom is -0.454 e. The molecule has 2 aromatic rings. The van der Waals surface area contributed by atoms with Crippen LogP contribution in [0.15, 0.2) is 36.4 Å². The van der Waals surface area contributed by atoms with Gasteiger partial charge in [-0.25, -0.2) is 8.78 Å². The van der Waals surface area contributed by atoms with Crippen molar-refractivity contribution in [1.29, 1.82) is 5.41 Å². The molecule has 0 saturated heterocycles. The summed E-state index contributed by atoms with van der Waals surface area (Å²) in [6.07, 6.45) is 0. The monoisotopic (exact) mass is 262 g/mol. The summed E-state index contributed by atoms with van der Waals surface area (Å²) in [7, 11) is 0. The minimum atomic E-state index is -0.540. The minimum absolute atomic E-state index is 0.00843. The Labute approximate surface area is 109 Å². The Morgan fingerprint density at radius 2 is 1.84 bits per heavy atom. The van der Waals surface area contributed by atoms with Crippen LogP contribution in [0.3, 0.4) is 0 Å². The van der Waals surface area contributed by atoms with Gasteiger partial charge in [0.2, 0.25) is 0 Å². The normalized spacial score (nSPS) is 10.3. The zero-order chi connectivity index (χ0) is 14.0. The van der Waals surface area contributed by atoms with E-state index in [1.54, 1.807) is 13.0 Å². The van der Waals surface area contributed by atoms with Crippen LogP contribution in [0.2, 0.25) is 0 Å². The first-order valence-corrected chi connectivity index (χ1v) is 5.55. The first-order valence-electron chi connectivity index (χ1n) is 5.55. The van der Waals surface area contributed by atoms with E-state index in [4.69, 9.17) is 15.9 Å². The fourth-order valence-corrected chi connectivity index (χ4v) is 1.61. The lowest BCUT2D eigenvalue weighted by Gasteiger charge is -2.11. The molecule has 3 nitrogen and oxygen atoms in total. The second-order valence-corrected chi connectivity index (χ2v) is 4.09. The highest BCUT2D eigenvalue weighted by atomic mass is 19.1. The van der Waals surface area contributed by atoms with E-state index in [1.165, 1.54) is 18.2 Å². The third kappa shape index (κ3) is 2.88. The van der Waals surface area contributed by atoms with Crippen molar-refractivity contribution in [1.82, 2.24) is 0 Å². The van der Waals surface area contributed by atoms with Gasteiger partial charge in [-0.05, 0) is 42.8 Å². The average Bonchev–Trinajstić information content (AvgIpc) is 2.35. The maximum Gasteiger partial charge on any atom is 0.165 e. The van der Waals surface area contributed by atoms with E-state index >= 15 is 0 Å². The van der Waals surface area contributed by atoms with Crippen molar-refractivity contribution in [2.24, 2.45) is 5.73 Å². The summed E-state index contributed by atoms with van der Waals surface area (Å²) in [4.78, 5) is 0. The smallest absolute Gasteiger partial charge is 0.165 e. The molecule has 0 amide bonds. The highest BCUT2D eigenvalue weighted by Crippen LogP contribution is 2.28. The molecule has 5 heteroatoms. The first-order chi connectivity index (χ1) is 8.97. The summed E-state index contributed by atoms with van der Waals surface area (Å²) < 4.78 is 32.1. The van der Waals surface area contributed by atoms with E-state index in [0.29, 0.717) is 0 Å². The van der Waals surface area contributed by atoms with Crippen molar-refractivity contribution in [3.8, 4) is 11.5 Å². The van der Waals surface area contributed by atoms with Crippen LogP contribution in [0.4, 0.5) is 8.78 Å². The number of hydrogen-bond acceptors (Lipinski definition) is 2. The molecule has 3 N–H and O–H groups in total. The van der Waals surface area contributed by atoms with Crippen LogP contribution < -0.4 is 10.5 Å². The number of benzene rings is 2. The highest BCUT2D eigenvalue weighted by molar-refractivity contribution is 5.97. The van der Waals surface area contributed by atoms with Crippen LogP contribution >= 0.6 is 0 Å². The molecular weight excluding hydrogens is 250 g/mol. The van der Waals surface area contributed by atoms with E-state index in [9.17, 15) is 8.78 Å². The molecule has 2 aromatic carbocycles. The van der Waals surface area contributed by atoms with Gasteiger partial charge >= 0.3 is 0 Å². The van der Waals surface area contributed by atoms with Gasteiger partial charge in [-0.15, -0.1) is 0 Å². The van der Waals surface area contributed by atoms with Crippen molar-refractivity contribution >= 4 is 5.84 Å². The Balaban J connectivity index is 2.43. The van der Waals surface area contributed by atoms with Gasteiger partial charge in [0.15, 0.2) is 11.6 Å². The predicted octanol–water partition coefficient (Wildman–Crippen LogP) is 3.35. The van der Waals surface area contributed by atoms with Gasteiger partial charge in [0.1, 0.15) is 17.4 Å². The number of ether oxygens (including phenoxy) is 1. The van der Waals surface area contributed by atoms with E-state index in [1.807, 2.05) is 0 Å². The largest absolute Gasteiger partial charge is 0.454 e. The van der Waals surface area contributed by atoms with Gasteiger partial charge in [0.05, 0.1) is 5.56 Å². The molecule has 0 radical (unpaired) electrons. The zero-order valence-electron chi connectivity index (χ0n) is 10.2. The third-order valence-electron chi connectivity index (χ3n) is 2.54. The molecule has 19 heavy (non-hydrogen) atoms. The van der Waals surface area contributed by atoms with Crippen molar-refractivity contribution in [2.45, 2.75) is 6.92 Å². The Kier molecular flexibility index (Phi) is 3.46. The van der Waals surface area contributed by atoms with E-state index < -0.39 is 11.6 Å². The number of nitrogens with two attached hydrogens (primary N) is 1. The van der Waals surface area contributed by atoms with Gasteiger partial charge in [0, 0.05) is 0 Å². The lowest BCUT2D eigenvalue weighted by molar-refractivity contribution is 0.440. The quantitative estimate of drug-likeness (QED) is 0.658. The predicted molar refractivity (Wildman–Crippen MR) is 68.6 cm³/mol. The van der Waals surface area contributed by atoms with Crippen LogP contribution in [0.5, 0.6) is 11.5 Å². The van der Waals surface area contributed by atoms with Crippen molar-refractivity contribution < 1.29 is 13.5 Å². The SMILES string of the molecule is Cc1ccc(F)c(Oc2ccc(F)cc2C(=N)N)c1. The molecule has 0 heterocycles. The fraction of sp³-hybridized carbons (Fsp3) is 0.0714. The molecule has 0 spiro atoms. The van der Waals surface area contributed by atoms with Gasteiger partial charge in [-0.2, -0.15) is 0 Å². The summed E-state index contributed by atoms with van der Waals surface area (Å²) in [5, 5.41) is 7.37. The number of aryl methyl sites for hydroxylation is 1. The summed E-state index contributed by atoms with van der Waals surface area (Å²) in [5.41, 5.74) is 6.25. The molecule has 0 unspecified atom stereocenters. The number of halogens is 2. The number of rotatable bonds is 3. The lowest BCUT2D eigenvalue weighted by atomic mass is 10.1. The van der Waals surface area contributed by atoms with Crippen molar-refractivity contribution in [3.05, 3.63) is 59.2 Å². The Hall–Kier alpha value is -2.43. The summed E-state index contributed by atoms with van der Waals surface area (Å²) >= 11 is 0. The standard InChI is InChI=1S/C14H12F2N2O/c1-8-2-4-11(16)13(6-8)19-12-5-3-9(15)7-10(12)14(17)18/h2-7H,1H3,(H3,17,18). The highest BCUT2D eigenvalue weighted by Gasteiger charge is 2.11. The second-order valence-electron chi connectivity index (χ2n) is 4.09. The summed E-state index contributed by atoms with van der Waals surface area (Å²) in [6, 6.07) is 7.96. The Bertz CT molecular complexity index is 641. The van der Waals surface area contributed by atoms with Crippen LogP contribution in [0.1, 0.15) is 11.1 Å². The Morgan fingerprint density at radius 3 is 2.53 bits per heavy atom. The molecule has 0 aliphatic heterocycles. The molecule has 0 aromatic heterocycles. The van der Waals surface area contributed by atoms with Gasteiger partial charge < -0.3 is 10.5 Å². The molecule has 2 rings (SSSR count). The number of nitrogen functional groups attached to an aromatic ring is 1. The Morgan fingerprint density at radius 1 is 1.11 bits per heavy atom. The lowest BCUT2D eigenvalue weighted by Crippen LogP contribution is -2.12. The number of nitrogens with one attached hydrogen (secondary N) is 1. The molecular formula is C14H12F2N2O. The van der Waals surface area contributed by atoms with Crippen LogP contribution in [-0.4, -0.2) is 5.84 Å². The second kappa shape index (κ2) is 5.06. The van der Waals surface area contributed by atoms with E-state index in [-0.39, 0.29) is 22.9 Å². The van der Waals surface area contributed by atoms with Crippen molar-refractivity contribution in [3.63, 3.8) is 0 Å². The van der Waals surface area contributed by atoms with Gasteiger partial charge in [0.25, 0.3) is 0 Å². The molecule has 0 bridgehead atoms. The topological polar surface area (TPSA) is 59.1 Å². The van der Waals surface area contributed by atoms with Crippen LogP contribution in [-0.2, 0) is 0 Å². The first kappa shape index (κ1) is 13.0. The van der Waals surface area contributed by atoms with E-state index in [0.717, 1.165) is 17.7 Å². The summed E-state index contributed by atoms with van der Waals surface area (Å²) in [5.74, 6) is -1.28. The maximum atomic E-state index is 13.6. The van der Waals surface area contributed by atoms with E-state index in [2.05, 4.69) is 0 Å². The van der Waals surface area contributed by atoms with Gasteiger partial charge in [-0.1, -0.05) is 6.07 Å². The molecule has 0 aliphatic carbocycles. The van der Waals surface area contributed by atoms with Crippen LogP contribution in [0.25, 0.3) is 0 Å². The molecule has 0 aliphatic rings. The summed E-state index contributed by atoms with van der Waals surface area (Å²) in [6.45, 7) is 1.79.